The average Bonchev–Trinajstić information content (AvgIpc) is 3.30. The van der Waals surface area contributed by atoms with E-state index in [1.54, 1.807) is 24.3 Å². The van der Waals surface area contributed by atoms with Gasteiger partial charge in [0.2, 0.25) is 5.88 Å². The zero-order chi connectivity index (χ0) is 18.7. The predicted octanol–water partition coefficient (Wildman–Crippen LogP) is 2.77. The summed E-state index contributed by atoms with van der Waals surface area (Å²) in [6.45, 7) is 0. The van der Waals surface area contributed by atoms with Crippen molar-refractivity contribution in [1.82, 2.24) is 5.16 Å². The molecule has 0 unspecified atom stereocenters. The molecule has 3 aromatic rings. The SMILES string of the molecule is COc1ccc(C(=O)Nc2onc(-c3cccs3)c2C(N)=O)c(OC)c1. The maximum Gasteiger partial charge on any atom is 0.261 e. The van der Waals surface area contributed by atoms with Gasteiger partial charge in [0.05, 0.1) is 24.7 Å². The van der Waals surface area contributed by atoms with E-state index >= 15 is 0 Å². The Bertz CT molecular complexity index is 949. The third-order valence-corrected chi connectivity index (χ3v) is 4.45. The van der Waals surface area contributed by atoms with Gasteiger partial charge < -0.3 is 19.7 Å². The number of nitrogens with two attached hydrogens (primary N) is 1. The molecule has 0 aliphatic rings. The summed E-state index contributed by atoms with van der Waals surface area (Å²) in [4.78, 5) is 25.2. The number of methoxy groups -OCH3 is 2. The molecule has 0 saturated carbocycles. The summed E-state index contributed by atoms with van der Waals surface area (Å²) in [5.74, 6) is -0.576. The van der Waals surface area contributed by atoms with Crippen molar-refractivity contribution in [3.8, 4) is 22.1 Å². The molecule has 0 spiro atoms. The number of nitrogens with one attached hydrogen (secondary N) is 1. The molecule has 3 N–H and O–H groups in total. The summed E-state index contributed by atoms with van der Waals surface area (Å²) in [7, 11) is 2.94. The van der Waals surface area contributed by atoms with E-state index in [1.807, 2.05) is 5.38 Å². The lowest BCUT2D eigenvalue weighted by Crippen LogP contribution is -2.18. The Morgan fingerprint density at radius 1 is 1.23 bits per heavy atom. The van der Waals surface area contributed by atoms with E-state index in [4.69, 9.17) is 19.7 Å². The van der Waals surface area contributed by atoms with Crippen LogP contribution in [0.4, 0.5) is 5.88 Å². The van der Waals surface area contributed by atoms with Gasteiger partial charge in [-0.25, -0.2) is 0 Å². The number of benzene rings is 1. The van der Waals surface area contributed by atoms with Crippen molar-refractivity contribution in [2.75, 3.05) is 19.5 Å². The van der Waals surface area contributed by atoms with Gasteiger partial charge in [0.1, 0.15) is 22.8 Å². The molecule has 0 atom stereocenters. The van der Waals surface area contributed by atoms with Crippen molar-refractivity contribution in [2.24, 2.45) is 5.73 Å². The minimum absolute atomic E-state index is 0.00767. The lowest BCUT2D eigenvalue weighted by molar-refractivity contribution is 0.100. The largest absolute Gasteiger partial charge is 0.497 e. The van der Waals surface area contributed by atoms with Crippen LogP contribution >= 0.6 is 11.3 Å². The highest BCUT2D eigenvalue weighted by Crippen LogP contribution is 2.32. The number of amides is 2. The monoisotopic (exact) mass is 373 g/mol. The molecule has 0 aliphatic carbocycles. The molecule has 26 heavy (non-hydrogen) atoms. The van der Waals surface area contributed by atoms with E-state index in [-0.39, 0.29) is 22.7 Å². The second-order valence-corrected chi connectivity index (χ2v) is 6.04. The lowest BCUT2D eigenvalue weighted by atomic mass is 10.1. The molecule has 0 aliphatic heterocycles. The number of hydrogen-bond donors (Lipinski definition) is 2. The van der Waals surface area contributed by atoms with E-state index < -0.39 is 11.8 Å². The van der Waals surface area contributed by atoms with Crippen molar-refractivity contribution >= 4 is 29.0 Å². The van der Waals surface area contributed by atoms with Gasteiger partial charge in [0, 0.05) is 6.07 Å². The van der Waals surface area contributed by atoms with E-state index in [0.29, 0.717) is 16.4 Å². The first kappa shape index (κ1) is 17.5. The summed E-state index contributed by atoms with van der Waals surface area (Å²) >= 11 is 1.37. The van der Waals surface area contributed by atoms with Crippen molar-refractivity contribution in [3.05, 3.63) is 46.8 Å². The van der Waals surface area contributed by atoms with Crippen molar-refractivity contribution in [3.63, 3.8) is 0 Å². The molecule has 8 nitrogen and oxygen atoms in total. The van der Waals surface area contributed by atoms with Crippen LogP contribution in [0.25, 0.3) is 10.6 Å². The van der Waals surface area contributed by atoms with Gasteiger partial charge >= 0.3 is 0 Å². The third-order valence-electron chi connectivity index (χ3n) is 3.57. The second kappa shape index (κ2) is 7.28. The number of thiophene rings is 1. The molecule has 2 amide bonds. The molecule has 2 heterocycles. The van der Waals surface area contributed by atoms with Crippen LogP contribution < -0.4 is 20.5 Å². The Morgan fingerprint density at radius 3 is 2.65 bits per heavy atom. The Balaban J connectivity index is 1.94. The fourth-order valence-electron chi connectivity index (χ4n) is 2.34. The quantitative estimate of drug-likeness (QED) is 0.686. The van der Waals surface area contributed by atoms with Gasteiger partial charge in [-0.1, -0.05) is 11.2 Å². The Morgan fingerprint density at radius 2 is 2.04 bits per heavy atom. The van der Waals surface area contributed by atoms with Crippen LogP contribution in [0.2, 0.25) is 0 Å². The van der Waals surface area contributed by atoms with Crippen LogP contribution in [0.3, 0.4) is 0 Å². The molecule has 0 fully saturated rings. The van der Waals surface area contributed by atoms with Crippen molar-refractivity contribution in [1.29, 1.82) is 0 Å². The fraction of sp³-hybridized carbons (Fsp3) is 0.118. The van der Waals surface area contributed by atoms with Crippen LogP contribution in [0, 0.1) is 0 Å². The molecule has 0 radical (unpaired) electrons. The number of aromatic nitrogens is 1. The molecule has 0 bridgehead atoms. The first-order valence-corrected chi connectivity index (χ1v) is 8.29. The first-order chi connectivity index (χ1) is 12.5. The summed E-state index contributed by atoms with van der Waals surface area (Å²) in [5.41, 5.74) is 5.97. The molecule has 3 rings (SSSR count). The smallest absolute Gasteiger partial charge is 0.261 e. The number of hydrogen-bond acceptors (Lipinski definition) is 7. The average molecular weight is 373 g/mol. The van der Waals surface area contributed by atoms with Crippen LogP contribution in [0.1, 0.15) is 20.7 Å². The maximum atomic E-state index is 12.6. The molecule has 9 heteroatoms. The Kier molecular flexibility index (Phi) is 4.90. The number of rotatable bonds is 6. The normalized spacial score (nSPS) is 10.4. The third kappa shape index (κ3) is 3.24. The number of nitrogens with zero attached hydrogens (tertiary/aromatic N) is 1. The van der Waals surface area contributed by atoms with Crippen molar-refractivity contribution < 1.29 is 23.6 Å². The highest BCUT2D eigenvalue weighted by Gasteiger charge is 2.25. The van der Waals surface area contributed by atoms with E-state index in [9.17, 15) is 9.59 Å². The van der Waals surface area contributed by atoms with Gasteiger partial charge in [0.15, 0.2) is 0 Å². The number of ether oxygens (including phenoxy) is 2. The second-order valence-electron chi connectivity index (χ2n) is 5.10. The zero-order valence-corrected chi connectivity index (χ0v) is 14.8. The minimum atomic E-state index is -0.758. The van der Waals surface area contributed by atoms with Gasteiger partial charge in [-0.2, -0.15) is 0 Å². The topological polar surface area (TPSA) is 117 Å². The van der Waals surface area contributed by atoms with Crippen LogP contribution in [-0.2, 0) is 0 Å². The molecular weight excluding hydrogens is 358 g/mol. The standard InChI is InChI=1S/C17H15N3O5S/c1-23-9-5-6-10(11(8-9)24-2)16(22)19-17-13(15(18)21)14(20-25-17)12-4-3-7-26-12/h3-8H,1-2H3,(H2,18,21)(H,19,22). The van der Waals surface area contributed by atoms with Gasteiger partial charge in [-0.3, -0.25) is 14.9 Å². The Hall–Kier alpha value is -3.33. The zero-order valence-electron chi connectivity index (χ0n) is 13.9. The number of carbonyl (C=O) groups excluding carboxylic acids is 2. The fourth-order valence-corrected chi connectivity index (χ4v) is 3.05. The summed E-state index contributed by atoms with van der Waals surface area (Å²) in [6.07, 6.45) is 0. The van der Waals surface area contributed by atoms with Gasteiger partial charge in [-0.15, -0.1) is 11.3 Å². The van der Waals surface area contributed by atoms with Crippen LogP contribution in [0.15, 0.2) is 40.2 Å². The molecule has 0 saturated heterocycles. The highest BCUT2D eigenvalue weighted by molar-refractivity contribution is 7.13. The highest BCUT2D eigenvalue weighted by atomic mass is 32.1. The lowest BCUT2D eigenvalue weighted by Gasteiger charge is -2.10. The van der Waals surface area contributed by atoms with E-state index in [0.717, 1.165) is 0 Å². The molecule has 1 aromatic carbocycles. The summed E-state index contributed by atoms with van der Waals surface area (Å²) in [6, 6.07) is 8.30. The number of primary amides is 1. The Labute approximate surface area is 152 Å². The minimum Gasteiger partial charge on any atom is -0.497 e. The summed E-state index contributed by atoms with van der Waals surface area (Å²) in [5, 5.41) is 8.21. The van der Waals surface area contributed by atoms with Crippen LogP contribution in [-0.4, -0.2) is 31.2 Å². The van der Waals surface area contributed by atoms with Gasteiger partial charge in [-0.05, 0) is 23.6 Å². The van der Waals surface area contributed by atoms with E-state index in [1.165, 1.54) is 31.6 Å². The molecular formula is C17H15N3O5S. The molecule has 134 valence electrons. The van der Waals surface area contributed by atoms with E-state index in [2.05, 4.69) is 10.5 Å². The van der Waals surface area contributed by atoms with Crippen LogP contribution in [0.5, 0.6) is 11.5 Å². The summed E-state index contributed by atoms with van der Waals surface area (Å²) < 4.78 is 15.5. The number of anilines is 1. The predicted molar refractivity (Wildman–Crippen MR) is 95.8 cm³/mol. The first-order valence-electron chi connectivity index (χ1n) is 7.42. The number of carbonyl (C=O) groups is 2. The molecule has 2 aromatic heterocycles. The van der Waals surface area contributed by atoms with Crippen molar-refractivity contribution in [2.45, 2.75) is 0 Å². The van der Waals surface area contributed by atoms with Gasteiger partial charge in [0.25, 0.3) is 11.8 Å². The maximum absolute atomic E-state index is 12.6.